The Hall–Kier alpha value is 0.700. The van der Waals surface area contributed by atoms with Crippen LogP contribution in [0.5, 0.6) is 0 Å². The molecule has 0 heterocycles. The molecule has 0 saturated carbocycles. The molecule has 0 aliphatic rings. The van der Waals surface area contributed by atoms with Crippen molar-refractivity contribution in [3.63, 3.8) is 0 Å². The van der Waals surface area contributed by atoms with Crippen molar-refractivity contribution in [2.75, 3.05) is 0 Å². The standard InChI is InChI=1S/C4H10S2/c1-3-4(2,5)6/h5-6H,3H2,1-2H3. The van der Waals surface area contributed by atoms with Crippen LogP contribution in [0.25, 0.3) is 0 Å². The molecule has 0 bridgehead atoms. The van der Waals surface area contributed by atoms with Gasteiger partial charge >= 0.3 is 0 Å². The topological polar surface area (TPSA) is 0 Å². The Labute approximate surface area is 50.1 Å². The zero-order chi connectivity index (χ0) is 5.21. The zero-order valence-corrected chi connectivity index (χ0v) is 5.89. The van der Waals surface area contributed by atoms with Crippen LogP contribution in [0.3, 0.4) is 0 Å². The molecular formula is C4H10S2. The number of rotatable bonds is 1. The maximum Gasteiger partial charge on any atom is 0.0521 e. The van der Waals surface area contributed by atoms with Gasteiger partial charge in [0.2, 0.25) is 0 Å². The number of hydrogen-bond donors (Lipinski definition) is 2. The fourth-order valence-electron chi connectivity index (χ4n) is 0. The Bertz CT molecular complexity index is 35.3. The minimum absolute atomic E-state index is 0.0694. The first-order valence-electron chi connectivity index (χ1n) is 2.01. The molecule has 38 valence electrons. The lowest BCUT2D eigenvalue weighted by atomic mass is 10.4. The van der Waals surface area contributed by atoms with Gasteiger partial charge in [0.05, 0.1) is 4.08 Å². The molecule has 0 N–H and O–H groups in total. The summed E-state index contributed by atoms with van der Waals surface area (Å²) in [7, 11) is 0. The van der Waals surface area contributed by atoms with Gasteiger partial charge in [-0.25, -0.2) is 0 Å². The average molecular weight is 122 g/mol. The van der Waals surface area contributed by atoms with Gasteiger partial charge in [-0.05, 0) is 13.3 Å². The van der Waals surface area contributed by atoms with E-state index in [0.717, 1.165) is 6.42 Å². The van der Waals surface area contributed by atoms with Gasteiger partial charge in [0.25, 0.3) is 0 Å². The molecular weight excluding hydrogens is 112 g/mol. The lowest BCUT2D eigenvalue weighted by molar-refractivity contribution is 0.860. The Morgan fingerprint density at radius 3 is 1.67 bits per heavy atom. The van der Waals surface area contributed by atoms with Gasteiger partial charge in [0.1, 0.15) is 0 Å². The molecule has 0 saturated heterocycles. The van der Waals surface area contributed by atoms with Crippen LogP contribution in [0.1, 0.15) is 20.3 Å². The van der Waals surface area contributed by atoms with E-state index in [2.05, 4.69) is 32.2 Å². The van der Waals surface area contributed by atoms with Gasteiger partial charge in [-0.3, -0.25) is 0 Å². The molecule has 0 radical (unpaired) electrons. The van der Waals surface area contributed by atoms with E-state index < -0.39 is 0 Å². The summed E-state index contributed by atoms with van der Waals surface area (Å²) in [5.74, 6) is 0. The first-order chi connectivity index (χ1) is 2.56. The predicted octanol–water partition coefficient (Wildman–Crippen LogP) is 1.97. The second-order valence-corrected chi connectivity index (χ2v) is 3.90. The van der Waals surface area contributed by atoms with Crippen LogP contribution in [0.15, 0.2) is 0 Å². The highest BCUT2D eigenvalue weighted by Crippen LogP contribution is 2.21. The maximum atomic E-state index is 4.12. The molecule has 0 fully saturated rings. The second kappa shape index (κ2) is 2.12. The highest BCUT2D eigenvalue weighted by atomic mass is 32.2. The Balaban J connectivity index is 3.17. The third-order valence-electron chi connectivity index (χ3n) is 0.670. The lowest BCUT2D eigenvalue weighted by Gasteiger charge is -2.10. The van der Waals surface area contributed by atoms with E-state index in [1.807, 2.05) is 6.92 Å². The summed E-state index contributed by atoms with van der Waals surface area (Å²) in [5.41, 5.74) is 0. The smallest absolute Gasteiger partial charge is 0.0521 e. The summed E-state index contributed by atoms with van der Waals surface area (Å²) >= 11 is 8.24. The minimum atomic E-state index is -0.0694. The molecule has 0 atom stereocenters. The van der Waals surface area contributed by atoms with E-state index >= 15 is 0 Å². The van der Waals surface area contributed by atoms with Crippen LogP contribution >= 0.6 is 25.3 Å². The van der Waals surface area contributed by atoms with Gasteiger partial charge in [-0.1, -0.05) is 6.92 Å². The Morgan fingerprint density at radius 1 is 1.50 bits per heavy atom. The van der Waals surface area contributed by atoms with Crippen molar-refractivity contribution in [3.05, 3.63) is 0 Å². The maximum absolute atomic E-state index is 4.12. The molecule has 0 unspecified atom stereocenters. The second-order valence-electron chi connectivity index (χ2n) is 1.57. The van der Waals surface area contributed by atoms with Crippen LogP contribution in [0, 0.1) is 0 Å². The molecule has 6 heavy (non-hydrogen) atoms. The van der Waals surface area contributed by atoms with Crippen LogP contribution in [-0.4, -0.2) is 4.08 Å². The summed E-state index contributed by atoms with van der Waals surface area (Å²) < 4.78 is -0.0694. The average Bonchev–Trinajstić information content (AvgIpc) is 1.35. The highest BCUT2D eigenvalue weighted by molar-refractivity contribution is 8.00. The van der Waals surface area contributed by atoms with Crippen molar-refractivity contribution in [3.8, 4) is 0 Å². The van der Waals surface area contributed by atoms with Gasteiger partial charge in [0.15, 0.2) is 0 Å². The zero-order valence-electron chi connectivity index (χ0n) is 4.10. The Kier molecular flexibility index (Phi) is 2.37. The normalized spacial score (nSPS) is 12.0. The fourth-order valence-corrected chi connectivity index (χ4v) is 0. The van der Waals surface area contributed by atoms with E-state index in [9.17, 15) is 0 Å². The van der Waals surface area contributed by atoms with E-state index in [1.54, 1.807) is 0 Å². The van der Waals surface area contributed by atoms with Crippen molar-refractivity contribution in [1.82, 2.24) is 0 Å². The molecule has 0 aliphatic carbocycles. The molecule has 0 amide bonds. The summed E-state index contributed by atoms with van der Waals surface area (Å²) in [6, 6.07) is 0. The quantitative estimate of drug-likeness (QED) is 0.385. The number of hydrogen-bond acceptors (Lipinski definition) is 2. The van der Waals surface area contributed by atoms with Gasteiger partial charge in [-0.15, -0.1) is 0 Å². The van der Waals surface area contributed by atoms with Crippen LogP contribution in [0.2, 0.25) is 0 Å². The first-order valence-corrected chi connectivity index (χ1v) is 2.90. The van der Waals surface area contributed by atoms with Gasteiger partial charge < -0.3 is 0 Å². The summed E-state index contributed by atoms with van der Waals surface area (Å²) in [4.78, 5) is 0. The molecule has 0 aromatic heterocycles. The summed E-state index contributed by atoms with van der Waals surface area (Å²) in [5, 5.41) is 0. The van der Waals surface area contributed by atoms with E-state index in [1.165, 1.54) is 0 Å². The monoisotopic (exact) mass is 122 g/mol. The highest BCUT2D eigenvalue weighted by Gasteiger charge is 2.05. The van der Waals surface area contributed by atoms with Crippen molar-refractivity contribution in [2.24, 2.45) is 0 Å². The molecule has 0 aromatic carbocycles. The summed E-state index contributed by atoms with van der Waals surface area (Å²) in [6.07, 6.45) is 0.999. The fraction of sp³-hybridized carbons (Fsp3) is 1.00. The van der Waals surface area contributed by atoms with Crippen LogP contribution in [-0.2, 0) is 0 Å². The molecule has 0 aliphatic heterocycles. The largest absolute Gasteiger partial charge is 0.162 e. The van der Waals surface area contributed by atoms with Gasteiger partial charge in [-0.2, -0.15) is 25.3 Å². The lowest BCUT2D eigenvalue weighted by Crippen LogP contribution is -2.01. The van der Waals surface area contributed by atoms with E-state index in [-0.39, 0.29) is 4.08 Å². The van der Waals surface area contributed by atoms with Crippen molar-refractivity contribution < 1.29 is 0 Å². The molecule has 0 spiro atoms. The third kappa shape index (κ3) is 4.70. The van der Waals surface area contributed by atoms with Gasteiger partial charge in [0, 0.05) is 0 Å². The minimum Gasteiger partial charge on any atom is -0.162 e. The van der Waals surface area contributed by atoms with E-state index in [0.29, 0.717) is 0 Å². The molecule has 0 aromatic rings. The van der Waals surface area contributed by atoms with Crippen molar-refractivity contribution >= 4 is 25.3 Å². The van der Waals surface area contributed by atoms with Crippen LogP contribution < -0.4 is 0 Å². The molecule has 0 rings (SSSR count). The SMILES string of the molecule is CCC(C)(S)S. The Morgan fingerprint density at radius 2 is 1.67 bits per heavy atom. The third-order valence-corrected chi connectivity index (χ3v) is 1.30. The van der Waals surface area contributed by atoms with Crippen molar-refractivity contribution in [1.29, 1.82) is 0 Å². The van der Waals surface area contributed by atoms with Crippen LogP contribution in [0.4, 0.5) is 0 Å². The first kappa shape index (κ1) is 6.70. The van der Waals surface area contributed by atoms with Crippen molar-refractivity contribution in [2.45, 2.75) is 24.3 Å². The molecule has 0 nitrogen and oxygen atoms in total. The predicted molar refractivity (Wildman–Crippen MR) is 36.7 cm³/mol. The molecule has 2 heteroatoms. The van der Waals surface area contributed by atoms with E-state index in [4.69, 9.17) is 0 Å². The number of thiol groups is 2. The summed E-state index contributed by atoms with van der Waals surface area (Å²) in [6.45, 7) is 4.03.